The monoisotopic (exact) mass is 660 g/mol. The number of imide groups is 1. The molecule has 2 aromatic heterocycles. The number of amides is 2. The van der Waals surface area contributed by atoms with Crippen molar-refractivity contribution >= 4 is 23.3 Å². The molecule has 254 valence electrons. The van der Waals surface area contributed by atoms with E-state index in [1.807, 2.05) is 31.3 Å². The molecule has 4 N–H and O–H groups in total. The molecule has 0 radical (unpaired) electrons. The van der Waals surface area contributed by atoms with Crippen molar-refractivity contribution in [1.82, 2.24) is 30.2 Å². The maximum atomic E-state index is 12.9. The molecule has 1 saturated carbocycles. The Balaban J connectivity index is 0.883. The first-order valence-corrected chi connectivity index (χ1v) is 17.7. The highest BCUT2D eigenvalue weighted by atomic mass is 16.3. The van der Waals surface area contributed by atoms with Gasteiger partial charge in [-0.15, -0.1) is 10.2 Å². The zero-order valence-corrected chi connectivity index (χ0v) is 28.0. The molecule has 1 atom stereocenters. The van der Waals surface area contributed by atoms with Crippen LogP contribution in [0.4, 0.5) is 11.5 Å². The van der Waals surface area contributed by atoms with Crippen LogP contribution in [0.3, 0.4) is 0 Å². The van der Waals surface area contributed by atoms with Gasteiger partial charge in [-0.25, -0.2) is 0 Å². The smallest absolute Gasteiger partial charge is 0.252 e. The molecule has 0 unspecified atom stereocenters. The van der Waals surface area contributed by atoms with Crippen molar-refractivity contribution in [3.8, 4) is 28.1 Å². The minimum Gasteiger partial charge on any atom is -0.507 e. The van der Waals surface area contributed by atoms with Gasteiger partial charge < -0.3 is 20.6 Å². The van der Waals surface area contributed by atoms with E-state index in [9.17, 15) is 14.7 Å². The number of nitrogen functional groups attached to an aromatic ring is 1. The Morgan fingerprint density at radius 1 is 0.898 bits per heavy atom. The van der Waals surface area contributed by atoms with Gasteiger partial charge in [0.1, 0.15) is 11.3 Å². The minimum atomic E-state index is -0.681. The van der Waals surface area contributed by atoms with E-state index in [4.69, 9.17) is 10.8 Å². The summed E-state index contributed by atoms with van der Waals surface area (Å²) in [7, 11) is 0. The summed E-state index contributed by atoms with van der Waals surface area (Å²) in [5, 5.41) is 26.0. The lowest BCUT2D eigenvalue weighted by molar-refractivity contribution is -0.137. The average Bonchev–Trinajstić information content (AvgIpc) is 3.80. The number of aromatic nitrogens is 4. The number of carbonyl (C=O) groups is 2. The second-order valence-electron chi connectivity index (χ2n) is 14.4. The molecule has 1 aliphatic carbocycles. The fourth-order valence-corrected chi connectivity index (χ4v) is 8.81. The Morgan fingerprint density at radius 3 is 2.47 bits per heavy atom. The first kappa shape index (κ1) is 31.5. The number of benzene rings is 2. The minimum absolute atomic E-state index is 0.153. The van der Waals surface area contributed by atoms with E-state index in [0.717, 1.165) is 50.0 Å². The molecule has 4 aromatic rings. The first-order chi connectivity index (χ1) is 23.8. The molecule has 49 heavy (non-hydrogen) atoms. The van der Waals surface area contributed by atoms with Gasteiger partial charge in [0.15, 0.2) is 5.82 Å². The third-order valence-electron chi connectivity index (χ3n) is 11.7. The number of nitrogens with one attached hydrogen (secondary N) is 1. The third-order valence-corrected chi connectivity index (χ3v) is 11.7. The molecule has 3 aliphatic heterocycles. The van der Waals surface area contributed by atoms with Crippen LogP contribution in [0.25, 0.3) is 22.4 Å². The van der Waals surface area contributed by atoms with Crippen LogP contribution in [-0.4, -0.2) is 73.0 Å². The first-order valence-electron chi connectivity index (χ1n) is 17.7. The molecule has 11 nitrogen and oxygen atoms in total. The second kappa shape index (κ2) is 12.6. The van der Waals surface area contributed by atoms with Gasteiger partial charge in [0, 0.05) is 60.7 Å². The number of hydrogen-bond acceptors (Lipinski definition) is 9. The normalized spacial score (nSPS) is 25.0. The molecule has 8 rings (SSSR count). The number of phenolic OH excluding ortho intramolecular Hbond substituents is 1. The lowest BCUT2D eigenvalue weighted by Gasteiger charge is -2.42. The van der Waals surface area contributed by atoms with Crippen LogP contribution < -0.4 is 16.0 Å². The predicted molar refractivity (Wildman–Crippen MR) is 188 cm³/mol. The van der Waals surface area contributed by atoms with Crippen molar-refractivity contribution in [1.29, 1.82) is 0 Å². The number of anilines is 2. The molecular formula is C38H44N8O3. The molecule has 3 fully saturated rings. The quantitative estimate of drug-likeness (QED) is 0.238. The van der Waals surface area contributed by atoms with Crippen LogP contribution in [0.2, 0.25) is 0 Å². The number of nitrogens with two attached hydrogens (primary N) is 1. The van der Waals surface area contributed by atoms with Gasteiger partial charge in [-0.3, -0.25) is 19.6 Å². The Kier molecular flexibility index (Phi) is 8.10. The zero-order chi connectivity index (χ0) is 33.7. The van der Waals surface area contributed by atoms with Crippen LogP contribution in [0, 0.1) is 0 Å². The van der Waals surface area contributed by atoms with Gasteiger partial charge in [0.25, 0.3) is 5.91 Å². The summed E-state index contributed by atoms with van der Waals surface area (Å²) in [5.74, 6) is 0.694. The number of nitrogens with zero attached hydrogens (tertiary/aromatic N) is 6. The van der Waals surface area contributed by atoms with E-state index < -0.39 is 5.54 Å². The van der Waals surface area contributed by atoms with Crippen LogP contribution in [0.1, 0.15) is 81.4 Å². The third kappa shape index (κ3) is 5.73. The molecular weight excluding hydrogens is 616 g/mol. The van der Waals surface area contributed by atoms with E-state index in [1.54, 1.807) is 12.1 Å². The predicted octanol–water partition coefficient (Wildman–Crippen LogP) is 5.22. The molecule has 5 heterocycles. The molecule has 2 saturated heterocycles. The van der Waals surface area contributed by atoms with Gasteiger partial charge in [0.05, 0.1) is 17.9 Å². The Labute approximate surface area is 286 Å². The number of hydrogen-bond donors (Lipinski definition) is 3. The van der Waals surface area contributed by atoms with Crippen LogP contribution in [0.5, 0.6) is 5.75 Å². The summed E-state index contributed by atoms with van der Waals surface area (Å²) >= 11 is 0. The molecule has 0 spiro atoms. The lowest BCUT2D eigenvalue weighted by atomic mass is 9.79. The molecule has 2 aromatic carbocycles. The van der Waals surface area contributed by atoms with Crippen LogP contribution >= 0.6 is 0 Å². The number of fused-ring (bicyclic) bond motifs is 1. The summed E-state index contributed by atoms with van der Waals surface area (Å²) in [5.41, 5.74) is 12.4. The van der Waals surface area contributed by atoms with Crippen LogP contribution in [0.15, 0.2) is 60.9 Å². The summed E-state index contributed by atoms with van der Waals surface area (Å²) in [4.78, 5) is 29.7. The van der Waals surface area contributed by atoms with Gasteiger partial charge in [-0.2, -0.15) is 5.10 Å². The molecule has 4 aliphatic rings. The Morgan fingerprint density at radius 2 is 1.69 bits per heavy atom. The van der Waals surface area contributed by atoms with E-state index in [-0.39, 0.29) is 17.6 Å². The van der Waals surface area contributed by atoms with E-state index in [1.165, 1.54) is 42.5 Å². The van der Waals surface area contributed by atoms with E-state index in [0.29, 0.717) is 47.9 Å². The van der Waals surface area contributed by atoms with Gasteiger partial charge in [-0.05, 0) is 99.6 Å². The van der Waals surface area contributed by atoms with E-state index in [2.05, 4.69) is 54.4 Å². The Bertz CT molecular complexity index is 1890. The van der Waals surface area contributed by atoms with Crippen LogP contribution in [-0.2, 0) is 16.0 Å². The number of phenols is 1. The van der Waals surface area contributed by atoms with Crippen molar-refractivity contribution < 1.29 is 14.7 Å². The number of piperidine rings is 2. The number of para-hydroxylation sites is 1. The number of aromatic hydroxyl groups is 1. The standard InChI is InChI=1S/C38H44N8O3/c1-38(17-13-35(48)41-37(38)49)45-20-16-29-28(6-4-7-33(29)45)24-9-11-26(12-10-24)44-18-14-27(15-19-44)46-23-25(22-40-46)31-21-32(42-43-36(31)39)30-5-2-3-8-34(30)47/h2-8,21-24,26-27,47H,9-20H2,1H3,(H2,39,43)(H,41,48,49)/t24-,26+,38-/m1/s1. The van der Waals surface area contributed by atoms with E-state index >= 15 is 0 Å². The zero-order valence-electron chi connectivity index (χ0n) is 28.0. The number of rotatable bonds is 6. The average molecular weight is 661 g/mol. The van der Waals surface area contributed by atoms with Gasteiger partial charge in [0.2, 0.25) is 5.91 Å². The Hall–Kier alpha value is -4.77. The van der Waals surface area contributed by atoms with Crippen molar-refractivity contribution in [3.63, 3.8) is 0 Å². The second-order valence-corrected chi connectivity index (χ2v) is 14.4. The van der Waals surface area contributed by atoms with Gasteiger partial charge >= 0.3 is 0 Å². The molecule has 2 amide bonds. The fraction of sp³-hybridized carbons (Fsp3) is 0.447. The summed E-state index contributed by atoms with van der Waals surface area (Å²) in [6.45, 7) is 4.92. The molecule has 11 heteroatoms. The largest absolute Gasteiger partial charge is 0.507 e. The lowest BCUT2D eigenvalue weighted by Crippen LogP contribution is -2.61. The highest BCUT2D eigenvalue weighted by Crippen LogP contribution is 2.44. The summed E-state index contributed by atoms with van der Waals surface area (Å²) in [6.07, 6.45) is 12.7. The maximum Gasteiger partial charge on any atom is 0.252 e. The van der Waals surface area contributed by atoms with Crippen molar-refractivity contribution in [3.05, 3.63) is 72.1 Å². The summed E-state index contributed by atoms with van der Waals surface area (Å²) < 4.78 is 2.08. The number of carbonyl (C=O) groups excluding carboxylic acids is 2. The number of likely N-dealkylation sites (tertiary alicyclic amines) is 1. The summed E-state index contributed by atoms with van der Waals surface area (Å²) in [6, 6.07) is 16.5. The van der Waals surface area contributed by atoms with Crippen molar-refractivity contribution in [2.24, 2.45) is 0 Å². The highest BCUT2D eigenvalue weighted by molar-refractivity contribution is 6.04. The maximum absolute atomic E-state index is 12.9. The van der Waals surface area contributed by atoms with Gasteiger partial charge in [-0.1, -0.05) is 24.3 Å². The SMILES string of the molecule is C[C@@]1(N2CCc3c2cccc3[C@H]2CC[C@@H](N3CCC(n4cc(-c5cc(-c6ccccc6O)nnc5N)cn4)CC3)CC2)CCC(=O)NC1=O. The molecule has 0 bridgehead atoms. The fourth-order valence-electron chi connectivity index (χ4n) is 8.81. The van der Waals surface area contributed by atoms with Crippen molar-refractivity contribution in [2.45, 2.75) is 88.3 Å². The highest BCUT2D eigenvalue weighted by Gasteiger charge is 2.46. The topological polar surface area (TPSA) is 142 Å². The van der Waals surface area contributed by atoms with Crippen molar-refractivity contribution in [2.75, 3.05) is 30.3 Å².